The van der Waals surface area contributed by atoms with Crippen molar-refractivity contribution in [2.45, 2.75) is 17.7 Å². The van der Waals surface area contributed by atoms with Gasteiger partial charge in [-0.2, -0.15) is 11.3 Å². The molecule has 0 saturated carbocycles. The molecule has 0 radical (unpaired) electrons. The van der Waals surface area contributed by atoms with Gasteiger partial charge in [0.1, 0.15) is 5.82 Å². The van der Waals surface area contributed by atoms with Gasteiger partial charge in [0.2, 0.25) is 5.91 Å². The van der Waals surface area contributed by atoms with Gasteiger partial charge < -0.3 is 5.32 Å². The number of amides is 1. The number of thiophene rings is 1. The first-order valence-corrected chi connectivity index (χ1v) is 9.00. The molecule has 1 aromatic heterocycles. The second-order valence-corrected chi connectivity index (χ2v) is 7.39. The normalized spacial score (nSPS) is 11.3. The maximum absolute atomic E-state index is 13.6. The monoisotopic (exact) mass is 327 g/mol. The van der Waals surface area contributed by atoms with E-state index in [1.165, 1.54) is 6.07 Å². The van der Waals surface area contributed by atoms with Crippen LogP contribution < -0.4 is 5.32 Å². The summed E-state index contributed by atoms with van der Waals surface area (Å²) >= 11 is 1.54. The van der Waals surface area contributed by atoms with Gasteiger partial charge in [-0.05, 0) is 47.0 Å². The molecule has 2 rings (SSSR count). The van der Waals surface area contributed by atoms with Crippen molar-refractivity contribution in [3.63, 3.8) is 0 Å². The Hall–Kier alpha value is -1.73. The summed E-state index contributed by atoms with van der Waals surface area (Å²) in [4.78, 5) is 11.8. The number of rotatable bonds is 5. The Morgan fingerprint density at radius 2 is 2.10 bits per heavy atom. The topological polar surface area (TPSA) is 63.2 Å². The van der Waals surface area contributed by atoms with Crippen molar-refractivity contribution in [2.75, 3.05) is 11.6 Å². The molecule has 4 nitrogen and oxygen atoms in total. The van der Waals surface area contributed by atoms with Gasteiger partial charge in [-0.25, -0.2) is 12.8 Å². The number of halogens is 1. The van der Waals surface area contributed by atoms with E-state index in [1.807, 2.05) is 16.8 Å². The molecule has 0 aliphatic carbocycles. The predicted molar refractivity (Wildman–Crippen MR) is 80.8 cm³/mol. The van der Waals surface area contributed by atoms with E-state index in [1.54, 1.807) is 11.3 Å². The minimum Gasteiger partial charge on any atom is -0.324 e. The molecule has 0 aliphatic heterocycles. The molecule has 1 N–H and O–H groups in total. The van der Waals surface area contributed by atoms with Crippen LogP contribution in [0, 0.1) is 5.82 Å². The molecular weight excluding hydrogens is 313 g/mol. The van der Waals surface area contributed by atoms with E-state index in [0.29, 0.717) is 6.42 Å². The highest BCUT2D eigenvalue weighted by Crippen LogP contribution is 2.20. The van der Waals surface area contributed by atoms with Crippen LogP contribution in [0.5, 0.6) is 0 Å². The van der Waals surface area contributed by atoms with Crippen molar-refractivity contribution in [3.05, 3.63) is 46.4 Å². The Balaban J connectivity index is 2.06. The van der Waals surface area contributed by atoms with E-state index in [9.17, 15) is 17.6 Å². The van der Waals surface area contributed by atoms with Gasteiger partial charge >= 0.3 is 0 Å². The molecule has 2 aromatic rings. The predicted octanol–water partition coefficient (Wildman–Crippen LogP) is 2.86. The summed E-state index contributed by atoms with van der Waals surface area (Å²) in [5, 5.41) is 6.27. The molecule has 0 aliphatic rings. The maximum atomic E-state index is 13.6. The summed E-state index contributed by atoms with van der Waals surface area (Å²) in [5.74, 6) is -1.02. The SMILES string of the molecule is CS(=O)(=O)c1ccc(F)c(NC(=O)CCc2ccsc2)c1. The van der Waals surface area contributed by atoms with Gasteiger partial charge in [0.25, 0.3) is 0 Å². The van der Waals surface area contributed by atoms with E-state index in [2.05, 4.69) is 5.32 Å². The molecule has 1 amide bonds. The third kappa shape index (κ3) is 4.37. The van der Waals surface area contributed by atoms with Crippen LogP contribution in [0.3, 0.4) is 0 Å². The van der Waals surface area contributed by atoms with Gasteiger partial charge in [-0.15, -0.1) is 0 Å². The number of hydrogen-bond donors (Lipinski definition) is 1. The molecule has 0 spiro atoms. The number of benzene rings is 1. The molecule has 1 heterocycles. The maximum Gasteiger partial charge on any atom is 0.224 e. The third-order valence-electron chi connectivity index (χ3n) is 2.86. The van der Waals surface area contributed by atoms with Crippen molar-refractivity contribution in [1.82, 2.24) is 0 Å². The Kier molecular flexibility index (Phi) is 4.74. The lowest BCUT2D eigenvalue weighted by Gasteiger charge is -2.08. The van der Waals surface area contributed by atoms with E-state index >= 15 is 0 Å². The zero-order valence-electron chi connectivity index (χ0n) is 11.3. The Bertz CT molecular complexity index is 740. The average molecular weight is 327 g/mol. The van der Waals surface area contributed by atoms with Gasteiger partial charge in [-0.1, -0.05) is 0 Å². The lowest BCUT2D eigenvalue weighted by molar-refractivity contribution is -0.116. The van der Waals surface area contributed by atoms with Gasteiger partial charge in [-0.3, -0.25) is 4.79 Å². The summed E-state index contributed by atoms with van der Waals surface area (Å²) in [6.45, 7) is 0. The highest BCUT2D eigenvalue weighted by atomic mass is 32.2. The molecule has 0 saturated heterocycles. The fourth-order valence-electron chi connectivity index (χ4n) is 1.74. The van der Waals surface area contributed by atoms with Gasteiger partial charge in [0, 0.05) is 12.7 Å². The molecule has 0 unspecified atom stereocenters. The molecule has 0 bridgehead atoms. The number of nitrogens with one attached hydrogen (secondary N) is 1. The second kappa shape index (κ2) is 6.36. The number of aryl methyl sites for hydroxylation is 1. The summed E-state index contributed by atoms with van der Waals surface area (Å²) in [5.41, 5.74) is 0.925. The first-order chi connectivity index (χ1) is 9.86. The first-order valence-electron chi connectivity index (χ1n) is 6.17. The van der Waals surface area contributed by atoms with E-state index in [4.69, 9.17) is 0 Å². The average Bonchev–Trinajstić information content (AvgIpc) is 2.91. The molecule has 21 heavy (non-hydrogen) atoms. The minimum absolute atomic E-state index is 0.0305. The highest BCUT2D eigenvalue weighted by molar-refractivity contribution is 7.90. The summed E-state index contributed by atoms with van der Waals surface area (Å²) in [7, 11) is -3.44. The molecule has 7 heteroatoms. The van der Waals surface area contributed by atoms with Crippen LogP contribution in [0.2, 0.25) is 0 Å². The Morgan fingerprint density at radius 3 is 2.71 bits per heavy atom. The first kappa shape index (κ1) is 15.7. The molecule has 112 valence electrons. The second-order valence-electron chi connectivity index (χ2n) is 4.59. The minimum atomic E-state index is -3.44. The van der Waals surface area contributed by atoms with Crippen LogP contribution in [-0.2, 0) is 21.1 Å². The van der Waals surface area contributed by atoms with Crippen LogP contribution in [0.4, 0.5) is 10.1 Å². The van der Waals surface area contributed by atoms with Crippen molar-refractivity contribution in [2.24, 2.45) is 0 Å². The smallest absolute Gasteiger partial charge is 0.224 e. The summed E-state index contributed by atoms with van der Waals surface area (Å²) in [6.07, 6.45) is 1.80. The standard InChI is InChI=1S/C14H14FNO3S2/c1-21(18,19)11-3-4-12(15)13(8-11)16-14(17)5-2-10-6-7-20-9-10/h3-4,6-9H,2,5H2,1H3,(H,16,17). The zero-order valence-corrected chi connectivity index (χ0v) is 12.9. The van der Waals surface area contributed by atoms with E-state index in [0.717, 1.165) is 24.0 Å². The fourth-order valence-corrected chi connectivity index (χ4v) is 3.09. The number of carbonyl (C=O) groups excluding carboxylic acids is 1. The highest BCUT2D eigenvalue weighted by Gasteiger charge is 2.13. The number of sulfone groups is 1. The zero-order chi connectivity index (χ0) is 15.5. The molecule has 0 fully saturated rings. The third-order valence-corrected chi connectivity index (χ3v) is 4.70. The van der Waals surface area contributed by atoms with Crippen LogP contribution in [0.25, 0.3) is 0 Å². The molecule has 1 aromatic carbocycles. The van der Waals surface area contributed by atoms with Crippen LogP contribution >= 0.6 is 11.3 Å². The van der Waals surface area contributed by atoms with Crippen molar-refractivity contribution in [1.29, 1.82) is 0 Å². The molecular formula is C14H14FNO3S2. The van der Waals surface area contributed by atoms with E-state index in [-0.39, 0.29) is 22.9 Å². The van der Waals surface area contributed by atoms with Crippen LogP contribution in [0.15, 0.2) is 39.9 Å². The lowest BCUT2D eigenvalue weighted by Crippen LogP contribution is -2.14. The summed E-state index contributed by atoms with van der Waals surface area (Å²) < 4.78 is 36.5. The number of anilines is 1. The van der Waals surface area contributed by atoms with E-state index < -0.39 is 15.7 Å². The number of carbonyl (C=O) groups is 1. The van der Waals surface area contributed by atoms with Crippen molar-refractivity contribution >= 4 is 32.8 Å². The van der Waals surface area contributed by atoms with Gasteiger partial charge in [0.05, 0.1) is 10.6 Å². The lowest BCUT2D eigenvalue weighted by atomic mass is 10.2. The largest absolute Gasteiger partial charge is 0.324 e. The van der Waals surface area contributed by atoms with Crippen molar-refractivity contribution < 1.29 is 17.6 Å². The van der Waals surface area contributed by atoms with Gasteiger partial charge in [0.15, 0.2) is 9.84 Å². The fraction of sp³-hybridized carbons (Fsp3) is 0.214. The van der Waals surface area contributed by atoms with Crippen LogP contribution in [-0.4, -0.2) is 20.6 Å². The quantitative estimate of drug-likeness (QED) is 0.859. The Labute approximate surface area is 126 Å². The Morgan fingerprint density at radius 1 is 1.33 bits per heavy atom. The summed E-state index contributed by atoms with van der Waals surface area (Å²) in [6, 6.07) is 5.26. The molecule has 0 atom stereocenters. The number of hydrogen-bond acceptors (Lipinski definition) is 4. The van der Waals surface area contributed by atoms with Crippen LogP contribution in [0.1, 0.15) is 12.0 Å². The van der Waals surface area contributed by atoms with Crippen molar-refractivity contribution in [3.8, 4) is 0 Å².